The quantitative estimate of drug-likeness (QED) is 0.718. The van der Waals surface area contributed by atoms with Gasteiger partial charge >= 0.3 is 0 Å². The van der Waals surface area contributed by atoms with E-state index < -0.39 is 0 Å². The van der Waals surface area contributed by atoms with E-state index in [0.29, 0.717) is 12.1 Å². The van der Waals surface area contributed by atoms with Gasteiger partial charge in [0.05, 0.1) is 0 Å². The summed E-state index contributed by atoms with van der Waals surface area (Å²) in [7, 11) is 2.23. The Kier molecular flexibility index (Phi) is 3.74. The summed E-state index contributed by atoms with van der Waals surface area (Å²) in [6.07, 6.45) is 1.34. The van der Waals surface area contributed by atoms with E-state index in [1.165, 1.54) is 13.0 Å². The molecule has 78 valence electrons. The lowest BCUT2D eigenvalue weighted by Gasteiger charge is -2.22. The third-order valence-electron chi connectivity index (χ3n) is 3.22. The van der Waals surface area contributed by atoms with Crippen LogP contribution in [0.2, 0.25) is 0 Å². The molecule has 1 rings (SSSR count). The smallest absolute Gasteiger partial charge is 0.00821 e. The Balaban J connectivity index is 2.37. The Bertz CT molecular complexity index is 146. The molecule has 2 unspecified atom stereocenters. The highest BCUT2D eigenvalue weighted by atomic mass is 15.2. The summed E-state index contributed by atoms with van der Waals surface area (Å²) in [5, 5.41) is 3.60. The molecule has 0 amide bonds. The number of hydrogen-bond donors (Lipinski definition) is 1. The summed E-state index contributed by atoms with van der Waals surface area (Å²) < 4.78 is 0. The molecule has 2 heteroatoms. The molecule has 1 fully saturated rings. The summed E-state index contributed by atoms with van der Waals surface area (Å²) in [5.41, 5.74) is 0. The molecule has 3 atom stereocenters. The van der Waals surface area contributed by atoms with Gasteiger partial charge in [-0.2, -0.15) is 0 Å². The first-order valence-electron chi connectivity index (χ1n) is 5.47. The van der Waals surface area contributed by atoms with Crippen molar-refractivity contribution in [1.29, 1.82) is 0 Å². The number of rotatable bonds is 3. The maximum Gasteiger partial charge on any atom is 0.00821 e. The van der Waals surface area contributed by atoms with E-state index in [-0.39, 0.29) is 0 Å². The molecule has 2 nitrogen and oxygen atoms in total. The monoisotopic (exact) mass is 184 g/mol. The topological polar surface area (TPSA) is 15.3 Å². The number of likely N-dealkylation sites (tertiary alicyclic amines) is 1. The Morgan fingerprint density at radius 2 is 1.92 bits per heavy atom. The van der Waals surface area contributed by atoms with Crippen LogP contribution in [0, 0.1) is 5.92 Å². The van der Waals surface area contributed by atoms with Crippen LogP contribution in [0.5, 0.6) is 0 Å². The van der Waals surface area contributed by atoms with Gasteiger partial charge in [0.2, 0.25) is 0 Å². The summed E-state index contributed by atoms with van der Waals surface area (Å²) in [4.78, 5) is 2.46. The predicted molar refractivity (Wildman–Crippen MR) is 57.9 cm³/mol. The molecule has 0 saturated carbocycles. The Morgan fingerprint density at radius 3 is 2.31 bits per heavy atom. The summed E-state index contributed by atoms with van der Waals surface area (Å²) >= 11 is 0. The summed E-state index contributed by atoms with van der Waals surface area (Å²) in [5.74, 6) is 0.836. The molecular weight excluding hydrogens is 160 g/mol. The van der Waals surface area contributed by atoms with E-state index in [2.05, 4.69) is 45.0 Å². The molecule has 0 bridgehead atoms. The van der Waals surface area contributed by atoms with Crippen LogP contribution >= 0.6 is 0 Å². The van der Waals surface area contributed by atoms with Gasteiger partial charge in [0.1, 0.15) is 0 Å². The van der Waals surface area contributed by atoms with Gasteiger partial charge in [-0.25, -0.2) is 0 Å². The van der Waals surface area contributed by atoms with Gasteiger partial charge in [0, 0.05) is 24.7 Å². The average Bonchev–Trinajstić information content (AvgIpc) is 2.31. The van der Waals surface area contributed by atoms with Gasteiger partial charge in [-0.15, -0.1) is 0 Å². The van der Waals surface area contributed by atoms with E-state index in [9.17, 15) is 0 Å². The summed E-state index contributed by atoms with van der Waals surface area (Å²) in [6, 6.07) is 2.03. The van der Waals surface area contributed by atoms with Crippen molar-refractivity contribution < 1.29 is 0 Å². The van der Waals surface area contributed by atoms with Crippen LogP contribution in [0.4, 0.5) is 0 Å². The second kappa shape index (κ2) is 4.43. The Labute approximate surface area is 82.7 Å². The minimum atomic E-state index is 0.608. The highest BCUT2D eigenvalue weighted by Gasteiger charge is 2.29. The van der Waals surface area contributed by atoms with Gasteiger partial charge in [0.25, 0.3) is 0 Å². The van der Waals surface area contributed by atoms with Crippen LogP contribution < -0.4 is 5.32 Å². The average molecular weight is 184 g/mol. The molecule has 0 spiro atoms. The second-order valence-corrected chi connectivity index (χ2v) is 4.89. The van der Waals surface area contributed by atoms with E-state index in [4.69, 9.17) is 0 Å². The fourth-order valence-electron chi connectivity index (χ4n) is 2.27. The second-order valence-electron chi connectivity index (χ2n) is 4.89. The molecule has 0 aromatic rings. The maximum absolute atomic E-state index is 3.60. The fourth-order valence-corrected chi connectivity index (χ4v) is 2.27. The van der Waals surface area contributed by atoms with Gasteiger partial charge in [-0.05, 0) is 33.2 Å². The van der Waals surface area contributed by atoms with Crippen LogP contribution in [0.15, 0.2) is 0 Å². The molecule has 0 radical (unpaired) electrons. The van der Waals surface area contributed by atoms with Gasteiger partial charge in [0.15, 0.2) is 0 Å². The normalized spacial score (nSPS) is 32.8. The van der Waals surface area contributed by atoms with Gasteiger partial charge in [-0.3, -0.25) is 0 Å². The van der Waals surface area contributed by atoms with Crippen molar-refractivity contribution in [3.8, 4) is 0 Å². The first-order chi connectivity index (χ1) is 6.00. The third-order valence-corrected chi connectivity index (χ3v) is 3.22. The lowest BCUT2D eigenvalue weighted by Crippen LogP contribution is -2.38. The molecule has 1 aliphatic rings. The van der Waals surface area contributed by atoms with Crippen LogP contribution in [0.1, 0.15) is 34.1 Å². The molecule has 0 aromatic carbocycles. The maximum atomic E-state index is 3.60. The van der Waals surface area contributed by atoms with Gasteiger partial charge < -0.3 is 10.2 Å². The number of nitrogens with one attached hydrogen (secondary N) is 1. The van der Waals surface area contributed by atoms with Crippen molar-refractivity contribution in [2.24, 2.45) is 5.92 Å². The zero-order valence-corrected chi connectivity index (χ0v) is 9.67. The first-order valence-corrected chi connectivity index (χ1v) is 5.47. The number of nitrogens with zero attached hydrogens (tertiary/aromatic N) is 1. The minimum absolute atomic E-state index is 0.608. The Hall–Kier alpha value is -0.0800. The largest absolute Gasteiger partial charge is 0.312 e. The molecule has 0 aromatic heterocycles. The fraction of sp³-hybridized carbons (Fsp3) is 1.00. The van der Waals surface area contributed by atoms with Crippen molar-refractivity contribution >= 4 is 0 Å². The van der Waals surface area contributed by atoms with E-state index in [1.807, 2.05) is 0 Å². The van der Waals surface area contributed by atoms with Gasteiger partial charge in [-0.1, -0.05) is 13.8 Å². The van der Waals surface area contributed by atoms with Crippen LogP contribution in [0.25, 0.3) is 0 Å². The first kappa shape index (κ1) is 11.0. The van der Waals surface area contributed by atoms with E-state index in [1.54, 1.807) is 0 Å². The minimum Gasteiger partial charge on any atom is -0.312 e. The number of hydrogen-bond acceptors (Lipinski definition) is 2. The van der Waals surface area contributed by atoms with Crippen molar-refractivity contribution in [2.45, 2.75) is 52.2 Å². The SMILES string of the molecule is CC(C)N[C@H](C)C1CC(C)N(C)C1. The lowest BCUT2D eigenvalue weighted by atomic mass is 9.98. The van der Waals surface area contributed by atoms with E-state index >= 15 is 0 Å². The van der Waals surface area contributed by atoms with E-state index in [0.717, 1.165) is 12.0 Å². The molecule has 1 heterocycles. The molecule has 0 aliphatic carbocycles. The Morgan fingerprint density at radius 1 is 1.31 bits per heavy atom. The van der Waals surface area contributed by atoms with Crippen LogP contribution in [-0.4, -0.2) is 36.6 Å². The molecule has 1 aliphatic heterocycles. The van der Waals surface area contributed by atoms with Crippen molar-refractivity contribution in [3.63, 3.8) is 0 Å². The molecule has 1 saturated heterocycles. The summed E-state index contributed by atoms with van der Waals surface area (Å²) in [6.45, 7) is 10.3. The van der Waals surface area contributed by atoms with Crippen molar-refractivity contribution in [2.75, 3.05) is 13.6 Å². The predicted octanol–water partition coefficient (Wildman–Crippen LogP) is 1.71. The lowest BCUT2D eigenvalue weighted by molar-refractivity contribution is 0.311. The highest BCUT2D eigenvalue weighted by Crippen LogP contribution is 2.23. The zero-order chi connectivity index (χ0) is 10.0. The third kappa shape index (κ3) is 2.96. The molecular formula is C11H24N2. The highest BCUT2D eigenvalue weighted by molar-refractivity contribution is 4.86. The van der Waals surface area contributed by atoms with Crippen LogP contribution in [0.3, 0.4) is 0 Å². The van der Waals surface area contributed by atoms with Crippen molar-refractivity contribution in [1.82, 2.24) is 10.2 Å². The zero-order valence-electron chi connectivity index (χ0n) is 9.67. The molecule has 1 N–H and O–H groups in total. The standard InChI is InChI=1S/C11H24N2/c1-8(2)12-10(4)11-6-9(3)13(5)7-11/h8-12H,6-7H2,1-5H3/t9?,10-,11?/m1/s1. The molecule has 13 heavy (non-hydrogen) atoms. The van der Waals surface area contributed by atoms with Crippen molar-refractivity contribution in [3.05, 3.63) is 0 Å². The van der Waals surface area contributed by atoms with Crippen LogP contribution in [-0.2, 0) is 0 Å².